The molecule has 0 atom stereocenters. The average Bonchev–Trinajstić information content (AvgIpc) is 3.52. The summed E-state index contributed by atoms with van der Waals surface area (Å²) in [6.07, 6.45) is 3.89. The summed E-state index contributed by atoms with van der Waals surface area (Å²) in [5.41, 5.74) is 3.81. The van der Waals surface area contributed by atoms with E-state index in [4.69, 9.17) is 12.2 Å². The number of hydrogen-bond acceptors (Lipinski definition) is 8. The predicted molar refractivity (Wildman–Crippen MR) is 190 cm³/mol. The summed E-state index contributed by atoms with van der Waals surface area (Å²) in [6.45, 7) is 10.5. The number of para-hydroxylation sites is 1. The van der Waals surface area contributed by atoms with Crippen LogP contribution >= 0.6 is 35.7 Å². The molecule has 2 aliphatic heterocycles. The Kier molecular flexibility index (Phi) is 12.3. The monoisotopic (exact) mass is 667 g/mol. The van der Waals surface area contributed by atoms with Gasteiger partial charge in [0.1, 0.15) is 0 Å². The first-order chi connectivity index (χ1) is 21.1. The number of thioether (sulfide) groups is 2. The lowest BCUT2D eigenvalue weighted by Gasteiger charge is -2.20. The van der Waals surface area contributed by atoms with Gasteiger partial charge in [-0.15, -0.1) is 0 Å². The molecule has 0 aliphatic carbocycles. The van der Waals surface area contributed by atoms with Crippen LogP contribution in [0.25, 0.3) is 11.1 Å². The van der Waals surface area contributed by atoms with Gasteiger partial charge in [-0.1, -0.05) is 111 Å². The molecule has 0 aromatic heterocycles. The normalized spacial score (nSPS) is 16.6. The van der Waals surface area contributed by atoms with E-state index in [0.29, 0.717) is 15.8 Å². The molecule has 3 aromatic rings. The molecule has 5 rings (SSSR count). The zero-order valence-electron chi connectivity index (χ0n) is 25.0. The molecular formula is C33H37N3O4S4. The molecule has 1 fully saturated rings. The van der Waals surface area contributed by atoms with Crippen LogP contribution in [0.1, 0.15) is 27.2 Å². The van der Waals surface area contributed by atoms with Crippen LogP contribution in [0.2, 0.25) is 0 Å². The summed E-state index contributed by atoms with van der Waals surface area (Å²) in [5, 5.41) is 0.862. The maximum atomic E-state index is 13.1. The zero-order chi connectivity index (χ0) is 31.7. The smallest absolute Gasteiger partial charge is 0.270 e. The topological polar surface area (TPSA) is 81.2 Å². The minimum atomic E-state index is -4.07. The van der Waals surface area contributed by atoms with Crippen LogP contribution in [0.3, 0.4) is 0 Å². The van der Waals surface area contributed by atoms with E-state index < -0.39 is 10.1 Å². The zero-order valence-corrected chi connectivity index (χ0v) is 28.3. The van der Waals surface area contributed by atoms with Gasteiger partial charge in [-0.25, -0.2) is 0 Å². The predicted octanol–water partition coefficient (Wildman–Crippen LogP) is 7.68. The molecule has 1 N–H and O–H groups in total. The molecule has 0 spiro atoms. The first-order valence-electron chi connectivity index (χ1n) is 14.5. The minimum Gasteiger partial charge on any atom is -0.335 e. The van der Waals surface area contributed by atoms with Gasteiger partial charge in [-0.2, -0.15) is 8.42 Å². The summed E-state index contributed by atoms with van der Waals surface area (Å²) >= 11 is 8.27. The van der Waals surface area contributed by atoms with Crippen molar-refractivity contribution in [1.29, 1.82) is 0 Å². The molecule has 44 heavy (non-hydrogen) atoms. The van der Waals surface area contributed by atoms with E-state index in [2.05, 4.69) is 37.8 Å². The molecule has 0 bridgehead atoms. The molecule has 7 nitrogen and oxygen atoms in total. The molecular weight excluding hydrogens is 631 g/mol. The number of carbonyl (C=O) groups excluding carboxylic acids is 1. The Bertz CT molecular complexity index is 1620. The third-order valence-electron chi connectivity index (χ3n) is 7.15. The van der Waals surface area contributed by atoms with E-state index in [9.17, 15) is 17.8 Å². The van der Waals surface area contributed by atoms with Crippen LogP contribution in [-0.2, 0) is 14.9 Å². The Balaban J connectivity index is 0.000000566. The van der Waals surface area contributed by atoms with E-state index in [1.54, 1.807) is 17.8 Å². The number of amides is 1. The van der Waals surface area contributed by atoms with Crippen LogP contribution in [0.15, 0.2) is 106 Å². The van der Waals surface area contributed by atoms with Gasteiger partial charge < -0.3 is 9.80 Å². The summed E-state index contributed by atoms with van der Waals surface area (Å²) < 4.78 is 32.4. The lowest BCUT2D eigenvalue weighted by Crippen LogP contribution is -2.27. The number of fused-ring (bicyclic) bond motifs is 1. The van der Waals surface area contributed by atoms with Crippen LogP contribution in [0.4, 0.5) is 11.4 Å². The number of anilines is 2. The highest BCUT2D eigenvalue weighted by atomic mass is 32.2. The maximum absolute atomic E-state index is 13.1. The number of allylic oxidation sites excluding steroid dienone is 2. The average molecular weight is 668 g/mol. The second-order valence-electron chi connectivity index (χ2n) is 9.94. The van der Waals surface area contributed by atoms with Gasteiger partial charge in [-0.3, -0.25) is 14.2 Å². The van der Waals surface area contributed by atoms with Gasteiger partial charge in [0.2, 0.25) is 0 Å². The van der Waals surface area contributed by atoms with Crippen LogP contribution in [-0.4, -0.2) is 60.0 Å². The van der Waals surface area contributed by atoms with Crippen molar-refractivity contribution in [2.75, 3.05) is 41.7 Å². The van der Waals surface area contributed by atoms with E-state index in [-0.39, 0.29) is 18.1 Å². The van der Waals surface area contributed by atoms with Gasteiger partial charge >= 0.3 is 0 Å². The highest BCUT2D eigenvalue weighted by Crippen LogP contribution is 2.48. The van der Waals surface area contributed by atoms with Crippen molar-refractivity contribution in [3.05, 3.63) is 101 Å². The fourth-order valence-electron chi connectivity index (χ4n) is 4.77. The Labute approximate surface area is 274 Å². The lowest BCUT2D eigenvalue weighted by molar-refractivity contribution is -0.113. The number of benzene rings is 3. The third kappa shape index (κ3) is 8.83. The highest BCUT2D eigenvalue weighted by Gasteiger charge is 2.33. The lowest BCUT2D eigenvalue weighted by atomic mass is 10.0. The second kappa shape index (κ2) is 15.9. The Morgan fingerprint density at radius 2 is 1.50 bits per heavy atom. The number of rotatable bonds is 10. The fourth-order valence-corrected chi connectivity index (χ4v) is 7.58. The number of thiocarbonyl (C=S) groups is 1. The molecule has 1 saturated heterocycles. The van der Waals surface area contributed by atoms with Crippen molar-refractivity contribution < 1.29 is 17.8 Å². The van der Waals surface area contributed by atoms with Crippen molar-refractivity contribution in [3.8, 4) is 11.1 Å². The number of carbonyl (C=O) groups is 1. The fraction of sp³-hybridized carbons (Fsp3) is 0.273. The van der Waals surface area contributed by atoms with Gasteiger partial charge in [0.05, 0.1) is 27.1 Å². The molecule has 3 aromatic carbocycles. The Hall–Kier alpha value is -2.93. The van der Waals surface area contributed by atoms with Crippen molar-refractivity contribution in [2.24, 2.45) is 0 Å². The second-order valence-corrected chi connectivity index (χ2v) is 14.3. The van der Waals surface area contributed by atoms with Gasteiger partial charge in [-0.05, 0) is 73.6 Å². The SMILES string of the molecule is CCN(CC)CC.O=C1/C(=C/C=C2/Sc3ccc(-c4ccccc4)cc3N2CCCS(=O)(=O)O)SC(=S)N1c1ccccc1. The first kappa shape index (κ1) is 34.0. The number of hydrogen-bond donors (Lipinski definition) is 1. The van der Waals surface area contributed by atoms with Crippen LogP contribution in [0, 0.1) is 0 Å². The molecule has 2 aliphatic rings. The Morgan fingerprint density at radius 3 is 2.09 bits per heavy atom. The van der Waals surface area contributed by atoms with Crippen molar-refractivity contribution in [1.82, 2.24) is 4.90 Å². The van der Waals surface area contributed by atoms with Crippen LogP contribution in [0.5, 0.6) is 0 Å². The molecule has 0 saturated carbocycles. The van der Waals surface area contributed by atoms with Crippen molar-refractivity contribution >= 4 is 67.5 Å². The summed E-state index contributed by atoms with van der Waals surface area (Å²) in [5.74, 6) is -0.506. The molecule has 0 unspecified atom stereocenters. The van der Waals surface area contributed by atoms with Gasteiger partial charge in [0.15, 0.2) is 4.32 Å². The first-order valence-corrected chi connectivity index (χ1v) is 18.2. The van der Waals surface area contributed by atoms with Crippen molar-refractivity contribution in [2.45, 2.75) is 32.1 Å². The molecule has 1 amide bonds. The van der Waals surface area contributed by atoms with E-state index in [1.807, 2.05) is 77.7 Å². The van der Waals surface area contributed by atoms with E-state index >= 15 is 0 Å². The molecule has 232 valence electrons. The maximum Gasteiger partial charge on any atom is 0.270 e. The van der Waals surface area contributed by atoms with Gasteiger partial charge in [0, 0.05) is 11.4 Å². The summed E-state index contributed by atoms with van der Waals surface area (Å²) in [4.78, 5) is 20.6. The quantitative estimate of drug-likeness (QED) is 0.133. The highest BCUT2D eigenvalue weighted by molar-refractivity contribution is 8.27. The summed E-state index contributed by atoms with van der Waals surface area (Å²) in [7, 11) is -4.07. The summed E-state index contributed by atoms with van der Waals surface area (Å²) in [6, 6.07) is 25.5. The Morgan fingerprint density at radius 1 is 0.864 bits per heavy atom. The third-order valence-corrected chi connectivity index (χ3v) is 10.4. The molecule has 2 heterocycles. The minimum absolute atomic E-state index is 0.178. The van der Waals surface area contributed by atoms with E-state index in [0.717, 1.165) is 32.4 Å². The standard InChI is InChI=1S/C27H22N2O4S4.C6H15N/c30-26-24(36-27(34)29(26)21-10-5-2-6-11-21)14-15-25-28(16-7-17-37(31,32)33)22-18-20(12-13-23(22)35-25)19-8-3-1-4-9-19;1-4-7(5-2)6-3/h1-6,8-15,18H,7,16-17H2,(H,31,32,33);4-6H2,1-3H3/b24-14-,25-15+;. The van der Waals surface area contributed by atoms with Crippen molar-refractivity contribution in [3.63, 3.8) is 0 Å². The molecule has 11 heteroatoms. The molecule has 0 radical (unpaired) electrons. The largest absolute Gasteiger partial charge is 0.335 e. The van der Waals surface area contributed by atoms with E-state index in [1.165, 1.54) is 36.3 Å². The van der Waals surface area contributed by atoms with Crippen LogP contribution < -0.4 is 9.80 Å². The van der Waals surface area contributed by atoms with Gasteiger partial charge in [0.25, 0.3) is 16.0 Å². The number of nitrogens with zero attached hydrogens (tertiary/aromatic N) is 3.